The molecule has 64 heavy (non-hydrogen) atoms. The summed E-state index contributed by atoms with van der Waals surface area (Å²) in [5.41, 5.74) is -4.26. The van der Waals surface area contributed by atoms with Crippen LogP contribution in [0.2, 0.25) is 0 Å². The normalized spacial score (nSPS) is 12.7. The lowest BCUT2D eigenvalue weighted by atomic mass is 9.90. The maximum absolute atomic E-state index is 14.3. The van der Waals surface area contributed by atoms with Crippen molar-refractivity contribution >= 4 is 43.6 Å². The molecule has 0 aliphatic carbocycles. The van der Waals surface area contributed by atoms with E-state index >= 15 is 0 Å². The lowest BCUT2D eigenvalue weighted by Crippen LogP contribution is -2.08. The number of hydrogen-bond acceptors (Lipinski definition) is 2. The quantitative estimate of drug-likeness (QED) is 0.165. The van der Waals surface area contributed by atoms with Crippen molar-refractivity contribution in [3.05, 3.63) is 167 Å². The first kappa shape index (κ1) is 41.6. The number of aromatic nitrogens is 2. The molecule has 0 aliphatic heterocycles. The molecule has 0 atom stereocenters. The molecular formula is C48H22F12N4. The Morgan fingerprint density at radius 2 is 0.703 bits per heavy atom. The zero-order valence-corrected chi connectivity index (χ0v) is 32.0. The smallest absolute Gasteiger partial charge is 0.309 e. The van der Waals surface area contributed by atoms with Crippen molar-refractivity contribution in [2.45, 2.75) is 24.7 Å². The summed E-state index contributed by atoms with van der Waals surface area (Å²) in [7, 11) is 0. The van der Waals surface area contributed by atoms with Gasteiger partial charge in [0.1, 0.15) is 0 Å². The van der Waals surface area contributed by atoms with Crippen LogP contribution in [0.5, 0.6) is 0 Å². The summed E-state index contributed by atoms with van der Waals surface area (Å²) < 4.78 is 174. The Labute approximate surface area is 352 Å². The van der Waals surface area contributed by atoms with Gasteiger partial charge in [-0.2, -0.15) is 63.2 Å². The van der Waals surface area contributed by atoms with E-state index in [0.29, 0.717) is 24.3 Å². The van der Waals surface area contributed by atoms with Gasteiger partial charge >= 0.3 is 24.7 Å². The van der Waals surface area contributed by atoms with Crippen molar-refractivity contribution in [3.8, 4) is 45.8 Å². The standard InChI is InChI=1S/C48H22F12N4/c49-45(50,51)27-9-14-38-34(19-27)35-20-28(46(52,53)54)10-15-39(35)63(38)42-18-13-33(31-7-3-1-5-25(31)23-61)44(43(42)32-8-4-2-6-26(32)24-62)64-40-16-11-29(47(55,56)57)21-36(40)37-22-30(48(58,59)60)12-17-41(37)64/h1-22H. The summed E-state index contributed by atoms with van der Waals surface area (Å²) in [4.78, 5) is 0. The van der Waals surface area contributed by atoms with Crippen molar-refractivity contribution in [1.82, 2.24) is 9.13 Å². The van der Waals surface area contributed by atoms with Gasteiger partial charge in [0.15, 0.2) is 0 Å². The van der Waals surface area contributed by atoms with Gasteiger partial charge in [-0.05, 0) is 91.0 Å². The lowest BCUT2D eigenvalue weighted by Gasteiger charge is -2.24. The summed E-state index contributed by atoms with van der Waals surface area (Å²) >= 11 is 0. The SMILES string of the molecule is N#Cc1ccccc1-c1ccc(-n2c3ccc(C(F)(F)F)cc3c3cc(C(F)(F)F)ccc32)c(-c2ccccc2C#N)c1-n1c2ccc(C(F)(F)F)cc2c2cc(C(F)(F)F)ccc21. The van der Waals surface area contributed by atoms with Crippen LogP contribution in [0.15, 0.2) is 133 Å². The number of nitrogens with zero attached hydrogens (tertiary/aromatic N) is 4. The molecule has 0 aliphatic rings. The van der Waals surface area contributed by atoms with Crippen LogP contribution in [0.3, 0.4) is 0 Å². The fourth-order valence-corrected chi connectivity index (χ4v) is 8.35. The Balaban J connectivity index is 1.55. The van der Waals surface area contributed by atoms with E-state index in [4.69, 9.17) is 0 Å². The molecule has 0 saturated heterocycles. The number of nitriles is 2. The highest BCUT2D eigenvalue weighted by atomic mass is 19.4. The van der Waals surface area contributed by atoms with Crippen molar-refractivity contribution in [1.29, 1.82) is 10.5 Å². The Morgan fingerprint density at radius 1 is 0.359 bits per heavy atom. The number of halogens is 12. The molecular weight excluding hydrogens is 861 g/mol. The Morgan fingerprint density at radius 3 is 1.08 bits per heavy atom. The van der Waals surface area contributed by atoms with Crippen molar-refractivity contribution in [2.24, 2.45) is 0 Å². The second-order valence-corrected chi connectivity index (χ2v) is 14.8. The molecule has 7 aromatic carbocycles. The average molecular weight is 883 g/mol. The van der Waals surface area contributed by atoms with Gasteiger partial charge in [-0.1, -0.05) is 42.5 Å². The van der Waals surface area contributed by atoms with Crippen LogP contribution in [0.25, 0.3) is 77.2 Å². The maximum Gasteiger partial charge on any atom is 0.416 e. The summed E-state index contributed by atoms with van der Waals surface area (Å²) in [6.45, 7) is 0. The molecule has 0 radical (unpaired) electrons. The largest absolute Gasteiger partial charge is 0.416 e. The lowest BCUT2D eigenvalue weighted by molar-refractivity contribution is -0.138. The number of benzene rings is 7. The maximum atomic E-state index is 14.3. The third-order valence-corrected chi connectivity index (χ3v) is 11.1. The summed E-state index contributed by atoms with van der Waals surface area (Å²) in [5.74, 6) is 0. The molecule has 0 unspecified atom stereocenters. The van der Waals surface area contributed by atoms with Crippen LogP contribution in [0.4, 0.5) is 52.7 Å². The first-order chi connectivity index (χ1) is 30.2. The van der Waals surface area contributed by atoms with E-state index in [1.165, 1.54) is 51.6 Å². The van der Waals surface area contributed by atoms with E-state index in [2.05, 4.69) is 12.1 Å². The van der Waals surface area contributed by atoms with Crippen LogP contribution < -0.4 is 0 Å². The van der Waals surface area contributed by atoms with Crippen molar-refractivity contribution < 1.29 is 52.7 Å². The number of rotatable bonds is 4. The van der Waals surface area contributed by atoms with E-state index in [0.717, 1.165) is 48.5 Å². The molecule has 0 fully saturated rings. The van der Waals surface area contributed by atoms with Gasteiger partial charge in [-0.15, -0.1) is 0 Å². The third kappa shape index (κ3) is 6.73. The minimum Gasteiger partial charge on any atom is -0.309 e. The van der Waals surface area contributed by atoms with Crippen LogP contribution in [0.1, 0.15) is 33.4 Å². The fraction of sp³-hybridized carbons (Fsp3) is 0.0833. The minimum absolute atomic E-state index is 0.00348. The van der Waals surface area contributed by atoms with Crippen molar-refractivity contribution in [2.75, 3.05) is 0 Å². The molecule has 2 aromatic heterocycles. The number of hydrogen-bond donors (Lipinski definition) is 0. The third-order valence-electron chi connectivity index (χ3n) is 11.1. The Hall–Kier alpha value is -7.72. The van der Waals surface area contributed by atoms with Crippen LogP contribution in [-0.2, 0) is 24.7 Å². The Kier molecular flexibility index (Phi) is 9.38. The van der Waals surface area contributed by atoms with Crippen LogP contribution >= 0.6 is 0 Å². The van der Waals surface area contributed by atoms with Gasteiger partial charge in [0.25, 0.3) is 0 Å². The topological polar surface area (TPSA) is 57.4 Å². The monoisotopic (exact) mass is 882 g/mol. The van der Waals surface area contributed by atoms with E-state index < -0.39 is 47.0 Å². The molecule has 9 rings (SSSR count). The second kappa shape index (κ2) is 14.4. The molecule has 0 N–H and O–H groups in total. The zero-order chi connectivity index (χ0) is 45.7. The number of fused-ring (bicyclic) bond motifs is 6. The first-order valence-corrected chi connectivity index (χ1v) is 18.8. The van der Waals surface area contributed by atoms with Crippen molar-refractivity contribution in [3.63, 3.8) is 0 Å². The highest BCUT2D eigenvalue weighted by molar-refractivity contribution is 6.13. The van der Waals surface area contributed by atoms with Crippen LogP contribution in [-0.4, -0.2) is 9.13 Å². The summed E-state index contributed by atoms with van der Waals surface area (Å²) in [5, 5.41) is 19.9. The minimum atomic E-state index is -4.94. The molecule has 0 spiro atoms. The predicted molar refractivity (Wildman–Crippen MR) is 215 cm³/mol. The highest BCUT2D eigenvalue weighted by Crippen LogP contribution is 2.49. The molecule has 0 amide bonds. The Bertz CT molecular complexity index is 3340. The number of alkyl halides is 12. The molecule has 2 heterocycles. The van der Waals surface area contributed by atoms with E-state index in [9.17, 15) is 63.2 Å². The molecule has 16 heteroatoms. The van der Waals surface area contributed by atoms with E-state index in [1.54, 1.807) is 18.2 Å². The van der Waals surface area contributed by atoms with E-state index in [-0.39, 0.29) is 88.4 Å². The fourth-order valence-electron chi connectivity index (χ4n) is 8.35. The first-order valence-electron chi connectivity index (χ1n) is 18.8. The van der Waals surface area contributed by atoms with Gasteiger partial charge in [0.05, 0.1) is 79.0 Å². The van der Waals surface area contributed by atoms with Gasteiger partial charge < -0.3 is 9.13 Å². The van der Waals surface area contributed by atoms with Gasteiger partial charge in [0, 0.05) is 43.8 Å². The molecule has 318 valence electrons. The molecule has 0 saturated carbocycles. The highest BCUT2D eigenvalue weighted by Gasteiger charge is 2.36. The average Bonchev–Trinajstić information content (AvgIpc) is 3.76. The van der Waals surface area contributed by atoms with E-state index in [1.807, 2.05) is 0 Å². The molecule has 9 aromatic rings. The van der Waals surface area contributed by atoms with Gasteiger partial charge in [-0.3, -0.25) is 0 Å². The summed E-state index contributed by atoms with van der Waals surface area (Å²) in [6.07, 6.45) is -19.7. The van der Waals surface area contributed by atoms with Gasteiger partial charge in [-0.25, -0.2) is 0 Å². The zero-order valence-electron chi connectivity index (χ0n) is 32.0. The predicted octanol–water partition coefficient (Wildman–Crippen LogP) is 15.0. The van der Waals surface area contributed by atoms with Gasteiger partial charge in [0.2, 0.25) is 0 Å². The molecule has 0 bridgehead atoms. The van der Waals surface area contributed by atoms with Crippen LogP contribution in [0, 0.1) is 22.7 Å². The summed E-state index contributed by atoms with van der Waals surface area (Å²) in [6, 6.07) is 29.3. The second-order valence-electron chi connectivity index (χ2n) is 14.8. The molecule has 4 nitrogen and oxygen atoms in total.